The van der Waals surface area contributed by atoms with Crippen LogP contribution in [0.4, 0.5) is 17.3 Å². The second kappa shape index (κ2) is 9.88. The van der Waals surface area contributed by atoms with Crippen molar-refractivity contribution in [1.29, 1.82) is 0 Å². The van der Waals surface area contributed by atoms with Crippen LogP contribution in [0.3, 0.4) is 0 Å². The SMILES string of the molecule is C=CC(=O)Nc1cccc(Cn2c(=O)ccc3cnc(Nc4cnn(CCOC)c4)nc32)c1. The van der Waals surface area contributed by atoms with Crippen LogP contribution >= 0.6 is 0 Å². The summed E-state index contributed by atoms with van der Waals surface area (Å²) in [7, 11) is 1.64. The fraction of sp³-hybridized carbons (Fsp3) is 0.174. The first-order valence-corrected chi connectivity index (χ1v) is 10.2. The van der Waals surface area contributed by atoms with Crippen LogP contribution in [0.25, 0.3) is 11.0 Å². The van der Waals surface area contributed by atoms with Gasteiger partial charge in [-0.05, 0) is 29.8 Å². The molecule has 4 aromatic rings. The fourth-order valence-corrected chi connectivity index (χ4v) is 3.27. The molecule has 1 amide bonds. The predicted octanol–water partition coefficient (Wildman–Crippen LogP) is 2.55. The molecule has 0 aliphatic heterocycles. The van der Waals surface area contributed by atoms with Gasteiger partial charge >= 0.3 is 0 Å². The summed E-state index contributed by atoms with van der Waals surface area (Å²) in [6, 6.07) is 10.5. The first kappa shape index (κ1) is 21.9. The van der Waals surface area contributed by atoms with Crippen molar-refractivity contribution in [2.45, 2.75) is 13.1 Å². The van der Waals surface area contributed by atoms with Crippen molar-refractivity contribution in [3.8, 4) is 0 Å². The van der Waals surface area contributed by atoms with E-state index in [0.717, 1.165) is 16.6 Å². The van der Waals surface area contributed by atoms with E-state index in [4.69, 9.17) is 4.74 Å². The first-order valence-electron chi connectivity index (χ1n) is 10.2. The molecule has 0 unspecified atom stereocenters. The second-order valence-electron chi connectivity index (χ2n) is 7.23. The summed E-state index contributed by atoms with van der Waals surface area (Å²) >= 11 is 0. The van der Waals surface area contributed by atoms with E-state index in [2.05, 4.69) is 32.3 Å². The maximum Gasteiger partial charge on any atom is 0.252 e. The number of carbonyl (C=O) groups excluding carboxylic acids is 1. The third kappa shape index (κ3) is 5.31. The summed E-state index contributed by atoms with van der Waals surface area (Å²) in [5, 5.41) is 10.8. The lowest BCUT2D eigenvalue weighted by Gasteiger charge is -2.12. The van der Waals surface area contributed by atoms with Crippen molar-refractivity contribution in [1.82, 2.24) is 24.3 Å². The minimum absolute atomic E-state index is 0.194. The Morgan fingerprint density at radius 1 is 1.21 bits per heavy atom. The Morgan fingerprint density at radius 2 is 2.09 bits per heavy atom. The molecular weight excluding hydrogens is 422 g/mol. The zero-order valence-corrected chi connectivity index (χ0v) is 18.1. The van der Waals surface area contributed by atoms with Gasteiger partial charge in [0.05, 0.1) is 31.6 Å². The molecule has 0 saturated carbocycles. The van der Waals surface area contributed by atoms with E-state index in [1.807, 2.05) is 18.3 Å². The molecule has 0 saturated heterocycles. The van der Waals surface area contributed by atoms with Crippen molar-refractivity contribution in [3.63, 3.8) is 0 Å². The summed E-state index contributed by atoms with van der Waals surface area (Å²) in [4.78, 5) is 33.2. The molecule has 0 bridgehead atoms. The number of hydrogen-bond donors (Lipinski definition) is 2. The lowest BCUT2D eigenvalue weighted by Crippen LogP contribution is -2.21. The highest BCUT2D eigenvalue weighted by Crippen LogP contribution is 2.17. The number of nitrogens with zero attached hydrogens (tertiary/aromatic N) is 5. The van der Waals surface area contributed by atoms with Crippen LogP contribution in [0, 0.1) is 0 Å². The minimum Gasteiger partial charge on any atom is -0.383 e. The largest absolute Gasteiger partial charge is 0.383 e. The van der Waals surface area contributed by atoms with Crippen molar-refractivity contribution in [2.24, 2.45) is 0 Å². The van der Waals surface area contributed by atoms with Crippen LogP contribution in [0.15, 0.2) is 72.4 Å². The van der Waals surface area contributed by atoms with Gasteiger partial charge < -0.3 is 15.4 Å². The highest BCUT2D eigenvalue weighted by Gasteiger charge is 2.10. The molecule has 0 atom stereocenters. The molecule has 0 radical (unpaired) electrons. The quantitative estimate of drug-likeness (QED) is 0.380. The van der Waals surface area contributed by atoms with E-state index < -0.39 is 0 Å². The van der Waals surface area contributed by atoms with E-state index in [1.54, 1.807) is 47.0 Å². The average Bonchev–Trinajstić information content (AvgIpc) is 3.27. The van der Waals surface area contributed by atoms with Crippen molar-refractivity contribution >= 4 is 34.3 Å². The number of fused-ring (bicyclic) bond motifs is 1. The predicted molar refractivity (Wildman–Crippen MR) is 126 cm³/mol. The Bertz CT molecular complexity index is 1360. The average molecular weight is 445 g/mol. The normalized spacial score (nSPS) is 10.8. The zero-order valence-electron chi connectivity index (χ0n) is 18.1. The topological polar surface area (TPSA) is 116 Å². The van der Waals surface area contributed by atoms with Crippen LogP contribution in [0.2, 0.25) is 0 Å². The van der Waals surface area contributed by atoms with E-state index in [9.17, 15) is 9.59 Å². The smallest absolute Gasteiger partial charge is 0.252 e. The molecule has 0 aliphatic carbocycles. The number of methoxy groups -OCH3 is 1. The van der Waals surface area contributed by atoms with Gasteiger partial charge in [-0.25, -0.2) is 4.98 Å². The van der Waals surface area contributed by atoms with E-state index in [1.165, 1.54) is 12.1 Å². The van der Waals surface area contributed by atoms with Crippen LogP contribution in [0.5, 0.6) is 0 Å². The summed E-state index contributed by atoms with van der Waals surface area (Å²) in [5.74, 6) is 0.0450. The third-order valence-electron chi connectivity index (χ3n) is 4.86. The molecule has 0 fully saturated rings. The molecule has 10 heteroatoms. The van der Waals surface area contributed by atoms with Gasteiger partial charge in [0, 0.05) is 36.6 Å². The Kier molecular flexibility index (Phi) is 6.56. The summed E-state index contributed by atoms with van der Waals surface area (Å²) < 4.78 is 8.38. The molecule has 168 valence electrons. The number of ether oxygens (including phenoxy) is 1. The number of pyridine rings is 1. The van der Waals surface area contributed by atoms with E-state index in [-0.39, 0.29) is 18.0 Å². The van der Waals surface area contributed by atoms with E-state index in [0.29, 0.717) is 30.4 Å². The second-order valence-corrected chi connectivity index (χ2v) is 7.23. The summed E-state index contributed by atoms with van der Waals surface area (Å²) in [6.45, 7) is 4.92. The third-order valence-corrected chi connectivity index (χ3v) is 4.86. The number of anilines is 3. The zero-order chi connectivity index (χ0) is 23.2. The van der Waals surface area contributed by atoms with Gasteiger partial charge in [0.25, 0.3) is 5.56 Å². The van der Waals surface area contributed by atoms with Crippen LogP contribution < -0.4 is 16.2 Å². The molecule has 33 heavy (non-hydrogen) atoms. The Balaban J connectivity index is 1.62. The molecule has 4 rings (SSSR count). The molecule has 0 spiro atoms. The van der Waals surface area contributed by atoms with Gasteiger partial charge in [-0.15, -0.1) is 0 Å². The molecule has 0 aliphatic rings. The molecule has 2 N–H and O–H groups in total. The molecule has 3 heterocycles. The highest BCUT2D eigenvalue weighted by atomic mass is 16.5. The van der Waals surface area contributed by atoms with Crippen LogP contribution in [-0.4, -0.2) is 43.9 Å². The monoisotopic (exact) mass is 445 g/mol. The Hall–Kier alpha value is -4.31. The van der Waals surface area contributed by atoms with Gasteiger partial charge in [-0.1, -0.05) is 18.7 Å². The van der Waals surface area contributed by atoms with Gasteiger partial charge in [-0.2, -0.15) is 10.1 Å². The van der Waals surface area contributed by atoms with E-state index >= 15 is 0 Å². The molecular formula is C23H23N7O3. The summed E-state index contributed by atoms with van der Waals surface area (Å²) in [6.07, 6.45) is 6.36. The summed E-state index contributed by atoms with van der Waals surface area (Å²) in [5.41, 5.74) is 2.47. The maximum atomic E-state index is 12.7. The highest BCUT2D eigenvalue weighted by molar-refractivity contribution is 5.98. The molecule has 10 nitrogen and oxygen atoms in total. The molecule has 3 aromatic heterocycles. The lowest BCUT2D eigenvalue weighted by molar-refractivity contribution is -0.111. The van der Waals surface area contributed by atoms with Gasteiger partial charge in [0.2, 0.25) is 11.9 Å². The van der Waals surface area contributed by atoms with Crippen molar-refractivity contribution in [3.05, 3.63) is 83.6 Å². The van der Waals surface area contributed by atoms with Crippen molar-refractivity contribution in [2.75, 3.05) is 24.4 Å². The number of amides is 1. The Labute approximate surface area is 189 Å². The van der Waals surface area contributed by atoms with Gasteiger partial charge in [0.15, 0.2) is 0 Å². The number of nitrogens with one attached hydrogen (secondary N) is 2. The fourth-order valence-electron chi connectivity index (χ4n) is 3.27. The minimum atomic E-state index is -0.302. The number of hydrogen-bond acceptors (Lipinski definition) is 7. The first-order chi connectivity index (χ1) is 16.1. The Morgan fingerprint density at radius 3 is 2.91 bits per heavy atom. The van der Waals surface area contributed by atoms with Gasteiger partial charge in [0.1, 0.15) is 5.65 Å². The van der Waals surface area contributed by atoms with Gasteiger partial charge in [-0.3, -0.25) is 18.8 Å². The van der Waals surface area contributed by atoms with Crippen molar-refractivity contribution < 1.29 is 9.53 Å². The van der Waals surface area contributed by atoms with Crippen LogP contribution in [0.1, 0.15) is 5.56 Å². The van der Waals surface area contributed by atoms with Crippen LogP contribution in [-0.2, 0) is 22.6 Å². The number of benzene rings is 1. The molecule has 1 aromatic carbocycles. The number of carbonyl (C=O) groups is 1. The lowest BCUT2D eigenvalue weighted by atomic mass is 10.2. The standard InChI is InChI=1S/C23H23N7O3/c1-3-20(31)26-18-6-4-5-16(11-18)14-30-21(32)8-7-17-12-24-23(28-22(17)30)27-19-13-25-29(15-19)9-10-33-2/h3-8,11-13,15H,1,9-10,14H2,2H3,(H,26,31)(H,24,27,28). The maximum absolute atomic E-state index is 12.7. The number of aromatic nitrogens is 5. The number of rotatable bonds is 9.